The van der Waals surface area contributed by atoms with Gasteiger partial charge in [0.25, 0.3) is 11.7 Å². The van der Waals surface area contributed by atoms with E-state index >= 15 is 0 Å². The van der Waals surface area contributed by atoms with Crippen LogP contribution in [-0.2, 0) is 16.0 Å². The van der Waals surface area contributed by atoms with E-state index in [-0.39, 0.29) is 11.3 Å². The third-order valence-electron chi connectivity index (χ3n) is 6.49. The molecule has 2 aliphatic rings. The normalized spacial score (nSPS) is 18.2. The van der Waals surface area contributed by atoms with Crippen LogP contribution in [0.15, 0.2) is 78.4 Å². The number of fused-ring (bicyclic) bond motifs is 1. The molecule has 0 aromatic heterocycles. The van der Waals surface area contributed by atoms with Gasteiger partial charge in [-0.2, -0.15) is 0 Å². The second kappa shape index (κ2) is 10.8. The third kappa shape index (κ3) is 5.03. The molecule has 1 atom stereocenters. The number of ether oxygens (including phenoxy) is 3. The number of amides is 1. The molecule has 0 spiro atoms. The summed E-state index contributed by atoms with van der Waals surface area (Å²) in [4.78, 5) is 28.2. The molecule has 7 heteroatoms. The summed E-state index contributed by atoms with van der Waals surface area (Å²) in [6.45, 7) is 3.73. The van der Waals surface area contributed by atoms with Gasteiger partial charge in [0.15, 0.2) is 11.5 Å². The van der Waals surface area contributed by atoms with Crippen molar-refractivity contribution in [1.29, 1.82) is 0 Å². The fourth-order valence-electron chi connectivity index (χ4n) is 4.69. The number of aliphatic hydroxyl groups is 1. The van der Waals surface area contributed by atoms with Gasteiger partial charge in [0.2, 0.25) is 0 Å². The van der Waals surface area contributed by atoms with Crippen molar-refractivity contribution in [2.45, 2.75) is 25.8 Å². The Labute approximate surface area is 215 Å². The summed E-state index contributed by atoms with van der Waals surface area (Å²) >= 11 is 0. The summed E-state index contributed by atoms with van der Waals surface area (Å²) < 4.78 is 17.1. The lowest BCUT2D eigenvalue weighted by atomic mass is 9.95. The largest absolute Gasteiger partial charge is 0.507 e. The van der Waals surface area contributed by atoms with Crippen molar-refractivity contribution >= 4 is 17.4 Å². The number of benzene rings is 3. The quantitative estimate of drug-likeness (QED) is 0.269. The Hall–Kier alpha value is -4.26. The number of carbonyl (C=O) groups excluding carboxylic acids is 2. The molecule has 0 saturated carbocycles. The highest BCUT2D eigenvalue weighted by molar-refractivity contribution is 6.46. The van der Waals surface area contributed by atoms with Gasteiger partial charge in [-0.15, -0.1) is 0 Å². The van der Waals surface area contributed by atoms with Gasteiger partial charge in [-0.25, -0.2) is 0 Å². The molecule has 1 saturated heterocycles. The Balaban J connectivity index is 1.57. The van der Waals surface area contributed by atoms with Crippen LogP contribution < -0.4 is 14.2 Å². The summed E-state index contributed by atoms with van der Waals surface area (Å²) in [5.41, 5.74) is 2.17. The fourth-order valence-corrected chi connectivity index (χ4v) is 4.69. The van der Waals surface area contributed by atoms with E-state index in [1.807, 2.05) is 61.5 Å². The first-order chi connectivity index (χ1) is 18.1. The first kappa shape index (κ1) is 24.4. The highest BCUT2D eigenvalue weighted by Crippen LogP contribution is 2.41. The fraction of sp³-hybridized carbons (Fsp3) is 0.267. The lowest BCUT2D eigenvalue weighted by Gasteiger charge is -2.26. The van der Waals surface area contributed by atoms with Crippen LogP contribution in [0.3, 0.4) is 0 Å². The Morgan fingerprint density at radius 2 is 1.76 bits per heavy atom. The van der Waals surface area contributed by atoms with E-state index < -0.39 is 17.7 Å². The summed E-state index contributed by atoms with van der Waals surface area (Å²) in [7, 11) is 0. The lowest BCUT2D eigenvalue weighted by molar-refractivity contribution is -0.139. The highest BCUT2D eigenvalue weighted by Gasteiger charge is 2.46. The maximum atomic E-state index is 13.4. The molecule has 3 aromatic rings. The molecular formula is C30H29NO6. The van der Waals surface area contributed by atoms with E-state index in [1.165, 1.54) is 4.90 Å². The topological polar surface area (TPSA) is 85.3 Å². The van der Waals surface area contributed by atoms with Crippen LogP contribution >= 0.6 is 0 Å². The smallest absolute Gasteiger partial charge is 0.295 e. The average molecular weight is 500 g/mol. The van der Waals surface area contributed by atoms with Gasteiger partial charge in [0.05, 0.1) is 18.2 Å². The number of hydrogen-bond acceptors (Lipinski definition) is 6. The summed E-state index contributed by atoms with van der Waals surface area (Å²) in [5.74, 6) is 0.100. The molecule has 2 aliphatic heterocycles. The van der Waals surface area contributed by atoms with Crippen LogP contribution in [0.2, 0.25) is 0 Å². The number of ketones is 1. The van der Waals surface area contributed by atoms with E-state index in [0.717, 1.165) is 12.0 Å². The molecule has 0 unspecified atom stereocenters. The molecule has 1 amide bonds. The van der Waals surface area contributed by atoms with Crippen molar-refractivity contribution in [3.63, 3.8) is 0 Å². The number of Topliss-reactive ketones (excluding diaryl/α,β-unsaturated/α-hetero) is 1. The van der Waals surface area contributed by atoms with Crippen LogP contribution in [0.25, 0.3) is 5.76 Å². The van der Waals surface area contributed by atoms with Crippen molar-refractivity contribution in [1.82, 2.24) is 4.90 Å². The maximum absolute atomic E-state index is 13.4. The molecular weight excluding hydrogens is 470 g/mol. The predicted molar refractivity (Wildman–Crippen MR) is 139 cm³/mol. The van der Waals surface area contributed by atoms with Crippen molar-refractivity contribution in [2.24, 2.45) is 0 Å². The first-order valence-electron chi connectivity index (χ1n) is 12.5. The molecule has 190 valence electrons. The number of nitrogens with zero attached hydrogens (tertiary/aromatic N) is 1. The van der Waals surface area contributed by atoms with Gasteiger partial charge >= 0.3 is 0 Å². The van der Waals surface area contributed by atoms with Crippen molar-refractivity contribution in [2.75, 3.05) is 26.4 Å². The second-order valence-electron chi connectivity index (χ2n) is 9.01. The van der Waals surface area contributed by atoms with Crippen LogP contribution in [-0.4, -0.2) is 48.1 Å². The molecule has 1 N–H and O–H groups in total. The van der Waals surface area contributed by atoms with E-state index in [9.17, 15) is 14.7 Å². The van der Waals surface area contributed by atoms with Gasteiger partial charge in [0, 0.05) is 12.1 Å². The van der Waals surface area contributed by atoms with Gasteiger partial charge in [-0.3, -0.25) is 9.59 Å². The van der Waals surface area contributed by atoms with Crippen molar-refractivity contribution < 1.29 is 28.9 Å². The lowest BCUT2D eigenvalue weighted by Crippen LogP contribution is -2.31. The average Bonchev–Trinajstić information content (AvgIpc) is 3.20. The molecule has 5 rings (SSSR count). The van der Waals surface area contributed by atoms with Crippen LogP contribution in [0, 0.1) is 0 Å². The number of hydrogen-bond donors (Lipinski definition) is 1. The summed E-state index contributed by atoms with van der Waals surface area (Å²) in [6.07, 6.45) is 1.42. The molecule has 1 fully saturated rings. The number of likely N-dealkylation sites (tertiary alicyclic amines) is 1. The molecule has 2 heterocycles. The minimum Gasteiger partial charge on any atom is -0.507 e. The Kier molecular flexibility index (Phi) is 7.12. The molecule has 0 bridgehead atoms. The monoisotopic (exact) mass is 499 g/mol. The Morgan fingerprint density at radius 3 is 2.54 bits per heavy atom. The van der Waals surface area contributed by atoms with Gasteiger partial charge in [-0.1, -0.05) is 49.4 Å². The molecule has 7 nitrogen and oxygen atoms in total. The summed E-state index contributed by atoms with van der Waals surface area (Å²) in [6, 6.07) is 21.4. The zero-order valence-electron chi connectivity index (χ0n) is 20.7. The molecule has 0 radical (unpaired) electrons. The molecule has 37 heavy (non-hydrogen) atoms. The zero-order chi connectivity index (χ0) is 25.8. The van der Waals surface area contributed by atoms with Crippen molar-refractivity contribution in [3.8, 4) is 17.2 Å². The second-order valence-corrected chi connectivity index (χ2v) is 9.01. The third-order valence-corrected chi connectivity index (χ3v) is 6.49. The SMILES string of the molecule is CCCOc1cccc([C@@H]2/C(=C(\O)c3ccc4c(c3)OCCO4)C(=O)C(=O)N2CCc2ccccc2)c1. The Morgan fingerprint density at radius 1 is 0.973 bits per heavy atom. The van der Waals surface area contributed by atoms with Gasteiger partial charge < -0.3 is 24.2 Å². The van der Waals surface area contributed by atoms with Crippen LogP contribution in [0.1, 0.15) is 36.1 Å². The van der Waals surface area contributed by atoms with Crippen molar-refractivity contribution in [3.05, 3.63) is 95.1 Å². The van der Waals surface area contributed by atoms with Crippen LogP contribution in [0.4, 0.5) is 0 Å². The predicted octanol–water partition coefficient (Wildman–Crippen LogP) is 4.91. The number of rotatable bonds is 8. The molecule has 3 aromatic carbocycles. The van der Waals surface area contributed by atoms with E-state index in [4.69, 9.17) is 14.2 Å². The standard InChI is InChI=1S/C30H29NO6/c1-2-15-35-23-10-6-9-21(18-23)27-26(28(32)22-11-12-24-25(19-22)37-17-16-36-24)29(33)30(34)31(27)14-13-20-7-4-3-5-8-20/h3-12,18-19,27,32H,2,13-17H2,1H3/b28-26+/t27-/m1/s1. The minimum absolute atomic E-state index is 0.0439. The van der Waals surface area contributed by atoms with Gasteiger partial charge in [-0.05, 0) is 54.3 Å². The van der Waals surface area contributed by atoms with E-state index in [0.29, 0.717) is 61.2 Å². The first-order valence-corrected chi connectivity index (χ1v) is 12.5. The van der Waals surface area contributed by atoms with Crippen LogP contribution in [0.5, 0.6) is 17.2 Å². The van der Waals surface area contributed by atoms with E-state index in [2.05, 4.69) is 0 Å². The molecule has 0 aliphatic carbocycles. The Bertz CT molecular complexity index is 1330. The number of aliphatic hydroxyl groups excluding tert-OH is 1. The summed E-state index contributed by atoms with van der Waals surface area (Å²) in [5, 5.41) is 11.4. The zero-order valence-corrected chi connectivity index (χ0v) is 20.7. The number of carbonyl (C=O) groups is 2. The maximum Gasteiger partial charge on any atom is 0.295 e. The van der Waals surface area contributed by atoms with Gasteiger partial charge in [0.1, 0.15) is 24.7 Å². The van der Waals surface area contributed by atoms with E-state index in [1.54, 1.807) is 18.2 Å². The highest BCUT2D eigenvalue weighted by atomic mass is 16.6. The minimum atomic E-state index is -0.762.